The fourth-order valence-electron chi connectivity index (χ4n) is 3.89. The van der Waals surface area contributed by atoms with Crippen LogP contribution >= 0.6 is 11.6 Å². The van der Waals surface area contributed by atoms with Crippen LogP contribution in [0.4, 0.5) is 11.5 Å². The van der Waals surface area contributed by atoms with E-state index in [4.69, 9.17) is 30.9 Å². The lowest BCUT2D eigenvalue weighted by molar-refractivity contribution is 0.391. The highest BCUT2D eigenvalue weighted by Gasteiger charge is 2.18. The molecule has 0 aliphatic carbocycles. The molecule has 0 unspecified atom stereocenters. The molecule has 0 atom stereocenters. The molecule has 0 spiro atoms. The Hall–Kier alpha value is -3.70. The summed E-state index contributed by atoms with van der Waals surface area (Å²) in [5.41, 5.74) is 2.61. The van der Waals surface area contributed by atoms with Gasteiger partial charge in [-0.3, -0.25) is 4.72 Å². The van der Waals surface area contributed by atoms with Gasteiger partial charge in [-0.15, -0.1) is 5.10 Å². The third kappa shape index (κ3) is 5.83. The summed E-state index contributed by atoms with van der Waals surface area (Å²) >= 11 is 6.22. The Morgan fingerprint density at radius 1 is 1.00 bits per heavy atom. The highest BCUT2D eigenvalue weighted by atomic mass is 35.5. The SMILES string of the molecule is CCCS(=O)(=O)Nc1ccc(-n2nc(NCc3ccc(OC)cc3OC)c3cnc(Cl)cc32)c(OC)c1. The zero-order valence-electron chi connectivity index (χ0n) is 20.9. The topological polar surface area (TPSA) is 117 Å². The van der Waals surface area contributed by atoms with Gasteiger partial charge in [0.2, 0.25) is 10.0 Å². The maximum atomic E-state index is 12.2. The zero-order chi connectivity index (χ0) is 26.6. The van der Waals surface area contributed by atoms with E-state index in [1.165, 1.54) is 7.11 Å². The number of fused-ring (bicyclic) bond motifs is 1. The summed E-state index contributed by atoms with van der Waals surface area (Å²) in [6.45, 7) is 2.24. The molecule has 2 aromatic heterocycles. The van der Waals surface area contributed by atoms with Gasteiger partial charge in [0, 0.05) is 36.5 Å². The van der Waals surface area contributed by atoms with Crippen molar-refractivity contribution >= 4 is 44.0 Å². The van der Waals surface area contributed by atoms with E-state index in [1.54, 1.807) is 49.4 Å². The first-order valence-corrected chi connectivity index (χ1v) is 13.5. The van der Waals surface area contributed by atoms with Crippen molar-refractivity contribution in [3.8, 4) is 22.9 Å². The number of halogens is 1. The predicted molar refractivity (Wildman–Crippen MR) is 145 cm³/mol. The third-order valence-electron chi connectivity index (χ3n) is 5.63. The number of anilines is 2. The number of benzene rings is 2. The van der Waals surface area contributed by atoms with E-state index in [0.29, 0.717) is 58.1 Å². The second kappa shape index (κ2) is 11.1. The molecule has 12 heteroatoms. The Balaban J connectivity index is 1.71. The van der Waals surface area contributed by atoms with Crippen LogP contribution in [0.25, 0.3) is 16.6 Å². The fourth-order valence-corrected chi connectivity index (χ4v) is 5.17. The number of hydrogen-bond donors (Lipinski definition) is 2. The summed E-state index contributed by atoms with van der Waals surface area (Å²) in [5.74, 6) is 2.41. The minimum Gasteiger partial charge on any atom is -0.497 e. The molecule has 0 amide bonds. The van der Waals surface area contributed by atoms with Crippen molar-refractivity contribution in [1.82, 2.24) is 14.8 Å². The number of hydrogen-bond acceptors (Lipinski definition) is 8. The lowest BCUT2D eigenvalue weighted by Gasteiger charge is -2.13. The second-order valence-electron chi connectivity index (χ2n) is 8.12. The summed E-state index contributed by atoms with van der Waals surface area (Å²) < 4.78 is 45.1. The normalized spacial score (nSPS) is 11.4. The first kappa shape index (κ1) is 26.4. The average molecular weight is 546 g/mol. The van der Waals surface area contributed by atoms with Crippen LogP contribution in [-0.2, 0) is 16.6 Å². The molecule has 0 aliphatic heterocycles. The molecule has 37 heavy (non-hydrogen) atoms. The van der Waals surface area contributed by atoms with Crippen LogP contribution < -0.4 is 24.2 Å². The maximum Gasteiger partial charge on any atom is 0.232 e. The summed E-state index contributed by atoms with van der Waals surface area (Å²) in [4.78, 5) is 4.22. The van der Waals surface area contributed by atoms with Crippen LogP contribution in [0.15, 0.2) is 48.7 Å². The van der Waals surface area contributed by atoms with Gasteiger partial charge in [0.15, 0.2) is 5.82 Å². The average Bonchev–Trinajstić information content (AvgIpc) is 3.24. The van der Waals surface area contributed by atoms with E-state index < -0.39 is 10.0 Å². The Morgan fingerprint density at radius 3 is 2.49 bits per heavy atom. The molecular weight excluding hydrogens is 518 g/mol. The molecule has 0 aliphatic rings. The van der Waals surface area contributed by atoms with Crippen LogP contribution in [0.3, 0.4) is 0 Å². The molecule has 0 saturated heterocycles. The maximum absolute atomic E-state index is 12.2. The molecule has 10 nitrogen and oxygen atoms in total. The van der Waals surface area contributed by atoms with Crippen molar-refractivity contribution in [2.45, 2.75) is 19.9 Å². The van der Waals surface area contributed by atoms with Gasteiger partial charge in [0.05, 0.1) is 43.7 Å². The van der Waals surface area contributed by atoms with E-state index in [-0.39, 0.29) is 5.75 Å². The summed E-state index contributed by atoms with van der Waals surface area (Å²) in [6, 6.07) is 12.3. The third-order valence-corrected chi connectivity index (χ3v) is 7.33. The van der Waals surface area contributed by atoms with Crippen molar-refractivity contribution in [3.05, 3.63) is 59.4 Å². The van der Waals surface area contributed by atoms with Gasteiger partial charge in [0.1, 0.15) is 28.1 Å². The lowest BCUT2D eigenvalue weighted by atomic mass is 10.2. The Morgan fingerprint density at radius 2 is 1.78 bits per heavy atom. The number of nitrogens with one attached hydrogen (secondary N) is 2. The quantitative estimate of drug-likeness (QED) is 0.257. The largest absolute Gasteiger partial charge is 0.497 e. The lowest BCUT2D eigenvalue weighted by Crippen LogP contribution is -2.16. The summed E-state index contributed by atoms with van der Waals surface area (Å²) in [7, 11) is 1.27. The van der Waals surface area contributed by atoms with Gasteiger partial charge in [-0.1, -0.05) is 18.5 Å². The number of aromatic nitrogens is 3. The Labute approximate surface area is 220 Å². The van der Waals surface area contributed by atoms with Crippen molar-refractivity contribution < 1.29 is 22.6 Å². The first-order valence-electron chi connectivity index (χ1n) is 11.5. The van der Waals surface area contributed by atoms with Crippen LogP contribution in [0.5, 0.6) is 17.2 Å². The zero-order valence-corrected chi connectivity index (χ0v) is 22.5. The van der Waals surface area contributed by atoms with Gasteiger partial charge < -0.3 is 19.5 Å². The monoisotopic (exact) mass is 545 g/mol. The van der Waals surface area contributed by atoms with Crippen LogP contribution in [0.1, 0.15) is 18.9 Å². The van der Waals surface area contributed by atoms with E-state index in [1.807, 2.05) is 25.1 Å². The van der Waals surface area contributed by atoms with Crippen molar-refractivity contribution in [1.29, 1.82) is 0 Å². The van der Waals surface area contributed by atoms with Crippen molar-refractivity contribution in [3.63, 3.8) is 0 Å². The van der Waals surface area contributed by atoms with Crippen molar-refractivity contribution in [2.75, 3.05) is 37.1 Å². The van der Waals surface area contributed by atoms with Gasteiger partial charge >= 0.3 is 0 Å². The van der Waals surface area contributed by atoms with Gasteiger partial charge in [-0.2, -0.15) is 0 Å². The molecule has 4 rings (SSSR count). The van der Waals surface area contributed by atoms with Gasteiger partial charge in [-0.05, 0) is 30.7 Å². The molecular formula is C25H28ClN5O5S. The van der Waals surface area contributed by atoms with E-state index in [2.05, 4.69) is 15.0 Å². The van der Waals surface area contributed by atoms with Crippen LogP contribution in [0.2, 0.25) is 5.15 Å². The molecule has 4 aromatic rings. The molecule has 2 N–H and O–H groups in total. The smallest absolute Gasteiger partial charge is 0.232 e. The number of pyridine rings is 1. The summed E-state index contributed by atoms with van der Waals surface area (Å²) in [6.07, 6.45) is 2.16. The molecule has 0 radical (unpaired) electrons. The first-order chi connectivity index (χ1) is 17.8. The van der Waals surface area contributed by atoms with Crippen LogP contribution in [-0.4, -0.2) is 50.3 Å². The van der Waals surface area contributed by atoms with E-state index in [9.17, 15) is 8.42 Å². The molecule has 196 valence electrons. The number of sulfonamides is 1. The second-order valence-corrected chi connectivity index (χ2v) is 10.4. The molecule has 0 fully saturated rings. The van der Waals surface area contributed by atoms with E-state index in [0.717, 1.165) is 10.9 Å². The van der Waals surface area contributed by atoms with Gasteiger partial charge in [-0.25, -0.2) is 18.1 Å². The standard InChI is InChI=1S/C25H28ClN5O5S/c1-5-10-37(32,33)30-17-7-9-20(23(11-17)36-4)31-21-13-24(26)27-15-19(21)25(29-31)28-14-16-6-8-18(34-2)12-22(16)35-3/h6-9,11-13,15,30H,5,10,14H2,1-4H3,(H,28,29). The molecule has 2 aromatic carbocycles. The fraction of sp³-hybridized carbons (Fsp3) is 0.280. The number of nitrogens with zero attached hydrogens (tertiary/aromatic N) is 3. The Kier molecular flexibility index (Phi) is 7.94. The molecule has 0 saturated carbocycles. The van der Waals surface area contributed by atoms with Gasteiger partial charge in [0.25, 0.3) is 0 Å². The highest BCUT2D eigenvalue weighted by molar-refractivity contribution is 7.92. The number of ether oxygens (including phenoxy) is 3. The van der Waals surface area contributed by atoms with E-state index >= 15 is 0 Å². The predicted octanol–water partition coefficient (Wildman–Crippen LogP) is 4.86. The minimum atomic E-state index is -3.45. The molecule has 2 heterocycles. The number of rotatable bonds is 11. The minimum absolute atomic E-state index is 0.0281. The van der Waals surface area contributed by atoms with Crippen LogP contribution in [0, 0.1) is 0 Å². The summed E-state index contributed by atoms with van der Waals surface area (Å²) in [5, 5.41) is 9.17. The Bertz CT molecular complexity index is 1520. The number of methoxy groups -OCH3 is 3. The van der Waals surface area contributed by atoms with Crippen molar-refractivity contribution in [2.24, 2.45) is 0 Å². The molecule has 0 bridgehead atoms. The highest BCUT2D eigenvalue weighted by Crippen LogP contribution is 2.33.